The Bertz CT molecular complexity index is 537. The van der Waals surface area contributed by atoms with Gasteiger partial charge in [-0.15, -0.1) is 0 Å². The zero-order chi connectivity index (χ0) is 18.8. The summed E-state index contributed by atoms with van der Waals surface area (Å²) in [5.74, 6) is 2.70. The summed E-state index contributed by atoms with van der Waals surface area (Å²) in [5.41, 5.74) is 0. The summed E-state index contributed by atoms with van der Waals surface area (Å²) in [6.45, 7) is 10.1. The highest BCUT2D eigenvalue weighted by atomic mass is 15.4. The van der Waals surface area contributed by atoms with Gasteiger partial charge in [0.15, 0.2) is 0 Å². The molecule has 0 amide bonds. The lowest BCUT2D eigenvalue weighted by Gasteiger charge is -2.38. The van der Waals surface area contributed by atoms with E-state index < -0.39 is 0 Å². The number of aromatic nitrogens is 3. The fourth-order valence-corrected chi connectivity index (χ4v) is 4.91. The molecule has 4 rings (SSSR count). The topological polar surface area (TPSA) is 48.4 Å². The van der Waals surface area contributed by atoms with E-state index in [-0.39, 0.29) is 0 Å². The van der Waals surface area contributed by atoms with E-state index in [9.17, 15) is 0 Å². The van der Waals surface area contributed by atoms with Gasteiger partial charge in [0.1, 0.15) is 0 Å². The Hall–Kier alpha value is -1.59. The summed E-state index contributed by atoms with van der Waals surface area (Å²) in [4.78, 5) is 22.3. The molecule has 3 saturated heterocycles. The van der Waals surface area contributed by atoms with Crippen LogP contribution in [-0.4, -0.2) is 52.7 Å². The van der Waals surface area contributed by atoms with Crippen LogP contribution in [0.2, 0.25) is 0 Å². The lowest BCUT2D eigenvalue weighted by Crippen LogP contribution is -2.43. The SMILES string of the molecule is C[C@@H]1CCCCN1c1nc(N2CCCC[C@H]2C)nc(N2CCCC[C@@H]2C)n1. The normalized spacial score (nSPS) is 29.9. The van der Waals surface area contributed by atoms with Crippen LogP contribution in [-0.2, 0) is 0 Å². The molecule has 0 radical (unpaired) electrons. The van der Waals surface area contributed by atoms with Crippen molar-refractivity contribution in [3.05, 3.63) is 0 Å². The van der Waals surface area contributed by atoms with Crippen LogP contribution >= 0.6 is 0 Å². The molecule has 150 valence electrons. The van der Waals surface area contributed by atoms with Crippen molar-refractivity contribution in [2.24, 2.45) is 0 Å². The first-order chi connectivity index (χ1) is 13.1. The van der Waals surface area contributed by atoms with Gasteiger partial charge in [-0.3, -0.25) is 0 Å². The number of rotatable bonds is 3. The minimum atomic E-state index is 0.513. The Morgan fingerprint density at radius 3 is 1.07 bits per heavy atom. The molecule has 0 aliphatic carbocycles. The van der Waals surface area contributed by atoms with E-state index in [0.29, 0.717) is 18.1 Å². The van der Waals surface area contributed by atoms with Gasteiger partial charge in [0.25, 0.3) is 0 Å². The molecule has 0 bridgehead atoms. The van der Waals surface area contributed by atoms with Gasteiger partial charge in [-0.05, 0) is 78.6 Å². The van der Waals surface area contributed by atoms with Crippen LogP contribution in [0.5, 0.6) is 0 Å². The Balaban J connectivity index is 1.71. The van der Waals surface area contributed by atoms with Crippen molar-refractivity contribution in [1.82, 2.24) is 15.0 Å². The molecule has 1 aromatic heterocycles. The van der Waals surface area contributed by atoms with Gasteiger partial charge >= 0.3 is 0 Å². The second-order valence-electron chi connectivity index (χ2n) is 8.85. The number of nitrogens with zero attached hydrogens (tertiary/aromatic N) is 6. The second-order valence-corrected chi connectivity index (χ2v) is 8.85. The van der Waals surface area contributed by atoms with Crippen molar-refractivity contribution in [1.29, 1.82) is 0 Å². The van der Waals surface area contributed by atoms with Crippen LogP contribution in [0.15, 0.2) is 0 Å². The quantitative estimate of drug-likeness (QED) is 0.799. The van der Waals surface area contributed by atoms with Crippen LogP contribution in [0.4, 0.5) is 17.8 Å². The molecule has 3 fully saturated rings. The lowest BCUT2D eigenvalue weighted by molar-refractivity contribution is 0.458. The van der Waals surface area contributed by atoms with Gasteiger partial charge in [-0.25, -0.2) is 0 Å². The predicted molar refractivity (Wildman–Crippen MR) is 112 cm³/mol. The molecule has 3 aliphatic rings. The molecule has 27 heavy (non-hydrogen) atoms. The van der Waals surface area contributed by atoms with Crippen LogP contribution in [0.3, 0.4) is 0 Å². The first-order valence-electron chi connectivity index (χ1n) is 11.2. The molecular weight excluding hydrogens is 336 g/mol. The lowest BCUT2D eigenvalue weighted by atomic mass is 10.0. The monoisotopic (exact) mass is 372 g/mol. The van der Waals surface area contributed by atoms with Crippen LogP contribution in [0.1, 0.15) is 78.6 Å². The van der Waals surface area contributed by atoms with Crippen molar-refractivity contribution in [2.45, 2.75) is 96.7 Å². The average molecular weight is 373 g/mol. The Kier molecular flexibility index (Phi) is 5.69. The van der Waals surface area contributed by atoms with Gasteiger partial charge < -0.3 is 14.7 Å². The van der Waals surface area contributed by atoms with Crippen LogP contribution < -0.4 is 14.7 Å². The van der Waals surface area contributed by atoms with Gasteiger partial charge in [-0.2, -0.15) is 15.0 Å². The zero-order valence-corrected chi connectivity index (χ0v) is 17.4. The summed E-state index contributed by atoms with van der Waals surface area (Å²) in [5, 5.41) is 0. The summed E-state index contributed by atoms with van der Waals surface area (Å²) in [6, 6.07) is 1.54. The summed E-state index contributed by atoms with van der Waals surface area (Å²) in [7, 11) is 0. The van der Waals surface area contributed by atoms with E-state index in [4.69, 9.17) is 15.0 Å². The minimum absolute atomic E-state index is 0.513. The third kappa shape index (κ3) is 3.99. The molecule has 0 N–H and O–H groups in total. The van der Waals surface area contributed by atoms with Crippen molar-refractivity contribution in [3.63, 3.8) is 0 Å². The first-order valence-corrected chi connectivity index (χ1v) is 11.2. The van der Waals surface area contributed by atoms with E-state index in [1.165, 1.54) is 57.8 Å². The molecule has 1 aromatic rings. The average Bonchev–Trinajstić information content (AvgIpc) is 2.69. The van der Waals surface area contributed by atoms with Crippen molar-refractivity contribution in [3.8, 4) is 0 Å². The van der Waals surface area contributed by atoms with Gasteiger partial charge in [-0.1, -0.05) is 0 Å². The third-order valence-electron chi connectivity index (χ3n) is 6.78. The van der Waals surface area contributed by atoms with E-state index >= 15 is 0 Å². The Labute approximate surface area is 164 Å². The van der Waals surface area contributed by atoms with Crippen LogP contribution in [0, 0.1) is 0 Å². The maximum absolute atomic E-state index is 5.00. The summed E-state index contributed by atoms with van der Waals surface area (Å²) in [6.07, 6.45) is 11.4. The maximum atomic E-state index is 5.00. The second kappa shape index (κ2) is 8.19. The highest BCUT2D eigenvalue weighted by Gasteiger charge is 2.29. The highest BCUT2D eigenvalue weighted by Crippen LogP contribution is 2.30. The van der Waals surface area contributed by atoms with Gasteiger partial charge in [0.05, 0.1) is 0 Å². The fraction of sp³-hybridized carbons (Fsp3) is 0.857. The molecule has 0 aromatic carbocycles. The molecule has 6 nitrogen and oxygen atoms in total. The number of anilines is 3. The van der Waals surface area contributed by atoms with Gasteiger partial charge in [0.2, 0.25) is 17.8 Å². The molecule has 3 atom stereocenters. The molecule has 0 saturated carbocycles. The van der Waals surface area contributed by atoms with E-state index in [1.807, 2.05) is 0 Å². The molecule has 3 aliphatic heterocycles. The minimum Gasteiger partial charge on any atom is -0.338 e. The molecule has 0 spiro atoms. The Morgan fingerprint density at radius 2 is 0.815 bits per heavy atom. The molecule has 6 heteroatoms. The van der Waals surface area contributed by atoms with Crippen molar-refractivity contribution < 1.29 is 0 Å². The molecule has 4 heterocycles. The van der Waals surface area contributed by atoms with Crippen molar-refractivity contribution >= 4 is 17.8 Å². The number of piperidine rings is 3. The predicted octanol–water partition coefficient (Wildman–Crippen LogP) is 4.01. The highest BCUT2D eigenvalue weighted by molar-refractivity contribution is 5.48. The molecule has 0 unspecified atom stereocenters. The van der Waals surface area contributed by atoms with E-state index in [1.54, 1.807) is 0 Å². The number of hydrogen-bond acceptors (Lipinski definition) is 6. The fourth-order valence-electron chi connectivity index (χ4n) is 4.91. The largest absolute Gasteiger partial charge is 0.338 e. The summed E-state index contributed by atoms with van der Waals surface area (Å²) < 4.78 is 0. The Morgan fingerprint density at radius 1 is 0.519 bits per heavy atom. The van der Waals surface area contributed by atoms with E-state index in [2.05, 4.69) is 35.5 Å². The number of hydrogen-bond donors (Lipinski definition) is 0. The summed E-state index contributed by atoms with van der Waals surface area (Å²) >= 11 is 0. The maximum Gasteiger partial charge on any atom is 0.232 e. The van der Waals surface area contributed by atoms with Crippen LogP contribution in [0.25, 0.3) is 0 Å². The molecular formula is C21H36N6. The van der Waals surface area contributed by atoms with Crippen molar-refractivity contribution in [2.75, 3.05) is 34.3 Å². The van der Waals surface area contributed by atoms with Gasteiger partial charge in [0, 0.05) is 37.8 Å². The smallest absolute Gasteiger partial charge is 0.232 e. The third-order valence-corrected chi connectivity index (χ3v) is 6.78. The zero-order valence-electron chi connectivity index (χ0n) is 17.4. The van der Waals surface area contributed by atoms with E-state index in [0.717, 1.165) is 37.5 Å². The first kappa shape index (κ1) is 18.8. The standard InChI is InChI=1S/C21H36N6/c1-16-10-4-7-13-25(16)19-22-20(26-14-8-5-11-17(26)2)24-21(23-19)27-15-9-6-12-18(27)3/h16-18H,4-15H2,1-3H3/t16-,17-,18+/m1/s1.